The number of nitrogens with one attached hydrogen (secondary N) is 2. The second kappa shape index (κ2) is 9.13. The quantitative estimate of drug-likeness (QED) is 0.577. The van der Waals surface area contributed by atoms with Gasteiger partial charge in [-0.2, -0.15) is 0 Å². The highest BCUT2D eigenvalue weighted by Crippen LogP contribution is 2.29. The van der Waals surface area contributed by atoms with Gasteiger partial charge in [0.2, 0.25) is 0 Å². The summed E-state index contributed by atoms with van der Waals surface area (Å²) < 4.78 is 33.6. The zero-order valence-electron chi connectivity index (χ0n) is 16.2. The first-order valence-corrected chi connectivity index (χ1v) is 11.5. The summed E-state index contributed by atoms with van der Waals surface area (Å²) in [4.78, 5) is 10.5. The van der Waals surface area contributed by atoms with Gasteiger partial charge in [-0.3, -0.25) is 4.72 Å². The van der Waals surface area contributed by atoms with Crippen molar-refractivity contribution in [1.82, 2.24) is 9.97 Å². The summed E-state index contributed by atoms with van der Waals surface area (Å²) in [5.41, 5.74) is 1.24. The van der Waals surface area contributed by atoms with E-state index in [0.29, 0.717) is 22.6 Å². The summed E-state index contributed by atoms with van der Waals surface area (Å²) in [6.45, 7) is 4.69. The highest BCUT2D eigenvalue weighted by Gasteiger charge is 2.17. The molecule has 0 unspecified atom stereocenters. The lowest BCUT2D eigenvalue weighted by atomic mass is 10.3. The SMILES string of the molecule is O=S(=O)(Nc1nc2ccccc2nc1[N-]CC[NH+]1CCOCC1)c1cccc(Cl)c1. The molecule has 1 saturated heterocycles. The molecule has 8 nitrogen and oxygen atoms in total. The van der Waals surface area contributed by atoms with Crippen LogP contribution in [0.15, 0.2) is 53.4 Å². The number of benzene rings is 2. The molecule has 0 radical (unpaired) electrons. The molecule has 1 aromatic heterocycles. The van der Waals surface area contributed by atoms with Gasteiger partial charge in [0, 0.05) is 5.02 Å². The number of ether oxygens (including phenoxy) is 1. The number of fused-ring (bicyclic) bond motifs is 1. The first kappa shape index (κ1) is 20.8. The van der Waals surface area contributed by atoms with Crippen LogP contribution in [0, 0.1) is 0 Å². The Kier molecular flexibility index (Phi) is 6.33. The summed E-state index contributed by atoms with van der Waals surface area (Å²) in [5, 5.41) is 4.89. The van der Waals surface area contributed by atoms with E-state index in [1.807, 2.05) is 18.2 Å². The maximum atomic E-state index is 12.9. The van der Waals surface area contributed by atoms with Crippen molar-refractivity contribution in [2.24, 2.45) is 0 Å². The average Bonchev–Trinajstić information content (AvgIpc) is 2.74. The minimum absolute atomic E-state index is 0.0497. The first-order valence-electron chi connectivity index (χ1n) is 9.65. The fourth-order valence-corrected chi connectivity index (χ4v) is 4.52. The van der Waals surface area contributed by atoms with Crippen molar-refractivity contribution in [1.29, 1.82) is 0 Å². The van der Waals surface area contributed by atoms with Gasteiger partial charge >= 0.3 is 0 Å². The molecule has 0 amide bonds. The minimum Gasteiger partial charge on any atom is -0.457 e. The lowest BCUT2D eigenvalue weighted by Crippen LogP contribution is -3.14. The largest absolute Gasteiger partial charge is 0.457 e. The molecule has 2 heterocycles. The first-order chi connectivity index (χ1) is 14.5. The highest BCUT2D eigenvalue weighted by atomic mass is 35.5. The molecule has 10 heteroatoms. The van der Waals surface area contributed by atoms with Crippen molar-refractivity contribution >= 4 is 44.3 Å². The van der Waals surface area contributed by atoms with Gasteiger partial charge in [-0.1, -0.05) is 35.9 Å². The van der Waals surface area contributed by atoms with Crippen LogP contribution >= 0.6 is 11.6 Å². The van der Waals surface area contributed by atoms with Gasteiger partial charge in [-0.05, 0) is 42.1 Å². The fraction of sp³-hybridized carbons (Fsp3) is 0.300. The fourth-order valence-electron chi connectivity index (χ4n) is 3.22. The van der Waals surface area contributed by atoms with E-state index < -0.39 is 10.0 Å². The number of sulfonamides is 1. The van der Waals surface area contributed by atoms with Crippen LogP contribution in [0.25, 0.3) is 16.4 Å². The lowest BCUT2D eigenvalue weighted by molar-refractivity contribution is -0.906. The van der Waals surface area contributed by atoms with Gasteiger partial charge in [0.1, 0.15) is 18.9 Å². The number of quaternary nitrogens is 1. The molecule has 158 valence electrons. The molecule has 0 aliphatic carbocycles. The number of hydrogen-bond donors (Lipinski definition) is 2. The molecule has 0 bridgehead atoms. The molecular formula is C20H22ClN5O3S. The van der Waals surface area contributed by atoms with Crippen LogP contribution in [0.1, 0.15) is 0 Å². The van der Waals surface area contributed by atoms with E-state index in [1.165, 1.54) is 17.0 Å². The number of morpholine rings is 1. The summed E-state index contributed by atoms with van der Waals surface area (Å²) in [7, 11) is -3.89. The number of para-hydroxylation sites is 2. The second-order valence-electron chi connectivity index (χ2n) is 6.94. The Bertz CT molecular complexity index is 1140. The van der Waals surface area contributed by atoms with Gasteiger partial charge in [0.15, 0.2) is 0 Å². The van der Waals surface area contributed by atoms with Crippen LogP contribution in [0.2, 0.25) is 5.02 Å². The summed E-state index contributed by atoms with van der Waals surface area (Å²) in [6.07, 6.45) is 0. The molecule has 0 atom stereocenters. The molecule has 30 heavy (non-hydrogen) atoms. The van der Waals surface area contributed by atoms with Crippen molar-refractivity contribution in [2.45, 2.75) is 4.90 Å². The van der Waals surface area contributed by atoms with E-state index in [9.17, 15) is 8.42 Å². The number of anilines is 1. The average molecular weight is 448 g/mol. The number of rotatable bonds is 7. The Hall–Kier alpha value is -2.46. The minimum atomic E-state index is -3.89. The van der Waals surface area contributed by atoms with Crippen molar-refractivity contribution in [2.75, 3.05) is 44.1 Å². The van der Waals surface area contributed by atoms with Crippen molar-refractivity contribution in [3.8, 4) is 0 Å². The second-order valence-corrected chi connectivity index (χ2v) is 9.06. The normalized spacial score (nSPS) is 15.2. The monoisotopic (exact) mass is 447 g/mol. The Morgan fingerprint density at radius 2 is 1.80 bits per heavy atom. The molecule has 1 aliphatic heterocycles. The van der Waals surface area contributed by atoms with Crippen molar-refractivity contribution in [3.63, 3.8) is 0 Å². The zero-order valence-corrected chi connectivity index (χ0v) is 17.8. The van der Waals surface area contributed by atoms with E-state index in [4.69, 9.17) is 16.3 Å². The third kappa shape index (κ3) is 4.99. The maximum Gasteiger partial charge on any atom is 0.263 e. The molecule has 2 aromatic carbocycles. The molecule has 1 aliphatic rings. The van der Waals surface area contributed by atoms with E-state index >= 15 is 0 Å². The topological polar surface area (TPSA) is 99.7 Å². The molecular weight excluding hydrogens is 426 g/mol. The number of aromatic nitrogens is 2. The number of halogens is 1. The van der Waals surface area contributed by atoms with Gasteiger partial charge < -0.3 is 19.9 Å². The predicted octanol–water partition coefficient (Wildman–Crippen LogP) is 2.00. The van der Waals surface area contributed by atoms with Gasteiger partial charge in [0.05, 0.1) is 30.2 Å². The van der Waals surface area contributed by atoms with E-state index in [-0.39, 0.29) is 16.5 Å². The smallest absolute Gasteiger partial charge is 0.263 e. The van der Waals surface area contributed by atoms with Crippen LogP contribution in [0.4, 0.5) is 11.6 Å². The van der Waals surface area contributed by atoms with Crippen molar-refractivity contribution < 1.29 is 18.1 Å². The predicted molar refractivity (Wildman–Crippen MR) is 116 cm³/mol. The van der Waals surface area contributed by atoms with Crippen LogP contribution < -0.4 is 9.62 Å². The van der Waals surface area contributed by atoms with E-state index in [2.05, 4.69) is 20.0 Å². The summed E-state index contributed by atoms with van der Waals surface area (Å²) in [6, 6.07) is 13.3. The standard InChI is InChI=1S/C20H21ClN5O3S/c21-15-4-3-5-16(14-15)30(27,28)25-20-19(22-8-9-26-10-12-29-13-11-26)23-17-6-1-2-7-18(17)24-20/h1-7,14H,8-13H2,(H-,22,23,24,25)/q-1/p+1. The lowest BCUT2D eigenvalue weighted by Gasteiger charge is -2.26. The number of hydrogen-bond acceptors (Lipinski definition) is 5. The van der Waals surface area contributed by atoms with Crippen LogP contribution in [0.5, 0.6) is 0 Å². The summed E-state index contributed by atoms with van der Waals surface area (Å²) in [5.74, 6) is 0.373. The van der Waals surface area contributed by atoms with E-state index in [0.717, 1.165) is 32.8 Å². The molecule has 2 N–H and O–H groups in total. The maximum absolute atomic E-state index is 12.9. The Morgan fingerprint density at radius 1 is 1.07 bits per heavy atom. The Labute approximate surface area is 180 Å². The molecule has 4 rings (SSSR count). The molecule has 0 spiro atoms. The summed E-state index contributed by atoms with van der Waals surface area (Å²) >= 11 is 5.96. The Morgan fingerprint density at radius 3 is 2.53 bits per heavy atom. The van der Waals surface area contributed by atoms with Gasteiger partial charge in [-0.15, -0.1) is 0 Å². The third-order valence-corrected chi connectivity index (χ3v) is 6.39. The Balaban J connectivity index is 1.59. The molecule has 1 fully saturated rings. The van der Waals surface area contributed by atoms with Gasteiger partial charge in [-0.25, -0.2) is 13.4 Å². The van der Waals surface area contributed by atoms with Gasteiger partial charge in [0.25, 0.3) is 10.0 Å². The van der Waals surface area contributed by atoms with Crippen LogP contribution in [-0.2, 0) is 14.8 Å². The van der Waals surface area contributed by atoms with Crippen LogP contribution in [0.3, 0.4) is 0 Å². The van der Waals surface area contributed by atoms with E-state index in [1.54, 1.807) is 18.2 Å². The highest BCUT2D eigenvalue weighted by molar-refractivity contribution is 7.92. The molecule has 3 aromatic rings. The number of nitrogens with zero attached hydrogens (tertiary/aromatic N) is 3. The van der Waals surface area contributed by atoms with Crippen molar-refractivity contribution in [3.05, 3.63) is 58.9 Å². The third-order valence-electron chi connectivity index (χ3n) is 4.82. The van der Waals surface area contributed by atoms with Crippen LogP contribution in [-0.4, -0.2) is 57.8 Å². The molecule has 0 saturated carbocycles. The zero-order chi connectivity index (χ0) is 21.0.